The van der Waals surface area contributed by atoms with Crippen molar-refractivity contribution >= 4 is 34.8 Å². The second-order valence-corrected chi connectivity index (χ2v) is 7.03. The number of benzene rings is 3. The highest BCUT2D eigenvalue weighted by Gasteiger charge is 2.14. The average molecular weight is 409 g/mol. The number of nitrogens with one attached hydrogen (secondary N) is 2. The topological polar surface area (TPSA) is 67.4 Å². The Hall–Kier alpha value is -3.31. The summed E-state index contributed by atoms with van der Waals surface area (Å²) in [5, 5.41) is 6.01. The van der Waals surface area contributed by atoms with Crippen LogP contribution in [0, 0.1) is 13.8 Å². The molecule has 0 bridgehead atoms. The van der Waals surface area contributed by atoms with Gasteiger partial charge in [0.2, 0.25) is 0 Å². The van der Waals surface area contributed by atoms with E-state index in [1.165, 1.54) is 7.11 Å². The van der Waals surface area contributed by atoms with Crippen LogP contribution in [-0.2, 0) is 0 Å². The van der Waals surface area contributed by atoms with Crippen molar-refractivity contribution in [3.63, 3.8) is 0 Å². The number of anilines is 2. The fourth-order valence-corrected chi connectivity index (χ4v) is 3.20. The smallest absolute Gasteiger partial charge is 0.257 e. The van der Waals surface area contributed by atoms with E-state index in [0.29, 0.717) is 33.3 Å². The van der Waals surface area contributed by atoms with Crippen LogP contribution in [0.4, 0.5) is 11.4 Å². The Morgan fingerprint density at radius 2 is 1.59 bits per heavy atom. The Morgan fingerprint density at radius 1 is 0.862 bits per heavy atom. The summed E-state index contributed by atoms with van der Waals surface area (Å²) in [7, 11) is 1.50. The molecule has 0 aliphatic heterocycles. The molecule has 6 heteroatoms. The van der Waals surface area contributed by atoms with Crippen LogP contribution in [0.15, 0.2) is 60.7 Å². The summed E-state index contributed by atoms with van der Waals surface area (Å²) in [5.74, 6) is -0.137. The number of hydrogen-bond acceptors (Lipinski definition) is 3. The molecule has 0 aliphatic rings. The fraction of sp³-hybridized carbons (Fsp3) is 0.130. The van der Waals surface area contributed by atoms with Crippen molar-refractivity contribution in [1.29, 1.82) is 0 Å². The van der Waals surface area contributed by atoms with Crippen LogP contribution in [0.2, 0.25) is 5.02 Å². The zero-order valence-electron chi connectivity index (χ0n) is 16.4. The Kier molecular flexibility index (Phi) is 6.20. The predicted octanol–water partition coefficient (Wildman–Crippen LogP) is 5.47. The lowest BCUT2D eigenvalue weighted by molar-refractivity contribution is 0.101. The molecule has 2 amide bonds. The van der Waals surface area contributed by atoms with Gasteiger partial charge in [-0.1, -0.05) is 41.4 Å². The molecular formula is C23H21ClN2O3. The number of ether oxygens (including phenoxy) is 1. The largest absolute Gasteiger partial charge is 0.494 e. The van der Waals surface area contributed by atoms with Crippen molar-refractivity contribution in [2.24, 2.45) is 0 Å². The molecule has 0 spiro atoms. The minimum atomic E-state index is -0.346. The highest BCUT2D eigenvalue weighted by molar-refractivity contribution is 6.34. The Balaban J connectivity index is 1.79. The van der Waals surface area contributed by atoms with Gasteiger partial charge in [-0.25, -0.2) is 0 Å². The number of amides is 2. The first-order valence-electron chi connectivity index (χ1n) is 9.01. The molecule has 148 valence electrons. The monoisotopic (exact) mass is 408 g/mol. The molecule has 0 fully saturated rings. The zero-order chi connectivity index (χ0) is 21.0. The van der Waals surface area contributed by atoms with Crippen molar-refractivity contribution in [1.82, 2.24) is 0 Å². The lowest BCUT2D eigenvalue weighted by atomic mass is 10.1. The molecule has 0 radical (unpaired) electrons. The second-order valence-electron chi connectivity index (χ2n) is 6.62. The number of methoxy groups -OCH3 is 1. The van der Waals surface area contributed by atoms with Crippen molar-refractivity contribution in [2.45, 2.75) is 13.8 Å². The van der Waals surface area contributed by atoms with E-state index in [4.69, 9.17) is 16.3 Å². The van der Waals surface area contributed by atoms with Gasteiger partial charge in [0.05, 0.1) is 23.4 Å². The van der Waals surface area contributed by atoms with Gasteiger partial charge in [-0.3, -0.25) is 9.59 Å². The standard InChI is InChI=1S/C23H21ClN2O3/c1-14-8-10-17(15(2)12-14)22(27)25-16-9-11-20(21(13-16)29-3)26-23(28)18-6-4-5-7-19(18)24/h4-13H,1-3H3,(H,25,27)(H,26,28). The SMILES string of the molecule is COc1cc(NC(=O)c2ccc(C)cc2C)ccc1NC(=O)c1ccccc1Cl. The molecule has 2 N–H and O–H groups in total. The average Bonchev–Trinajstić information content (AvgIpc) is 2.69. The number of carbonyl (C=O) groups is 2. The molecule has 0 heterocycles. The highest BCUT2D eigenvalue weighted by atomic mass is 35.5. The summed E-state index contributed by atoms with van der Waals surface area (Å²) in [4.78, 5) is 25.1. The minimum absolute atomic E-state index is 0.211. The molecule has 0 saturated heterocycles. The number of carbonyl (C=O) groups excluding carboxylic acids is 2. The van der Waals surface area contributed by atoms with Gasteiger partial charge in [-0.05, 0) is 49.7 Å². The van der Waals surface area contributed by atoms with E-state index in [-0.39, 0.29) is 11.8 Å². The number of aryl methyl sites for hydroxylation is 2. The Morgan fingerprint density at radius 3 is 2.28 bits per heavy atom. The molecule has 0 atom stereocenters. The summed E-state index contributed by atoms with van der Waals surface area (Å²) in [6, 6.07) is 17.5. The number of halogens is 1. The third-order valence-corrected chi connectivity index (χ3v) is 4.78. The fourth-order valence-electron chi connectivity index (χ4n) is 2.97. The molecule has 0 aliphatic carbocycles. The number of hydrogen-bond donors (Lipinski definition) is 2. The summed E-state index contributed by atoms with van der Waals surface area (Å²) in [5.41, 5.74) is 4.00. The molecule has 0 unspecified atom stereocenters. The van der Waals surface area contributed by atoms with Crippen molar-refractivity contribution < 1.29 is 14.3 Å². The maximum absolute atomic E-state index is 12.6. The van der Waals surface area contributed by atoms with Gasteiger partial charge in [0.25, 0.3) is 11.8 Å². The van der Waals surface area contributed by atoms with Crippen LogP contribution in [0.1, 0.15) is 31.8 Å². The molecule has 0 aromatic heterocycles. The third kappa shape index (κ3) is 4.76. The van der Waals surface area contributed by atoms with E-state index in [9.17, 15) is 9.59 Å². The lowest BCUT2D eigenvalue weighted by Crippen LogP contribution is -2.15. The van der Waals surface area contributed by atoms with Gasteiger partial charge < -0.3 is 15.4 Å². The van der Waals surface area contributed by atoms with Crippen LogP contribution < -0.4 is 15.4 Å². The first-order chi connectivity index (χ1) is 13.9. The molecule has 3 aromatic carbocycles. The maximum atomic E-state index is 12.6. The van der Waals surface area contributed by atoms with Gasteiger partial charge in [0.15, 0.2) is 0 Å². The second kappa shape index (κ2) is 8.80. The van der Waals surface area contributed by atoms with Crippen molar-refractivity contribution in [3.8, 4) is 5.75 Å². The normalized spacial score (nSPS) is 10.3. The van der Waals surface area contributed by atoms with Crippen LogP contribution in [-0.4, -0.2) is 18.9 Å². The molecule has 29 heavy (non-hydrogen) atoms. The van der Waals surface area contributed by atoms with Crippen molar-refractivity contribution in [3.05, 3.63) is 87.9 Å². The van der Waals surface area contributed by atoms with Crippen molar-refractivity contribution in [2.75, 3.05) is 17.7 Å². The van der Waals surface area contributed by atoms with Gasteiger partial charge in [-0.2, -0.15) is 0 Å². The first kappa shape index (κ1) is 20.4. The Labute approximate surface area is 174 Å². The molecular weight excluding hydrogens is 388 g/mol. The number of rotatable bonds is 5. The zero-order valence-corrected chi connectivity index (χ0v) is 17.1. The van der Waals surface area contributed by atoms with Gasteiger partial charge >= 0.3 is 0 Å². The van der Waals surface area contributed by atoms with E-state index < -0.39 is 0 Å². The minimum Gasteiger partial charge on any atom is -0.494 e. The quantitative estimate of drug-likeness (QED) is 0.588. The molecule has 5 nitrogen and oxygen atoms in total. The molecule has 3 aromatic rings. The van der Waals surface area contributed by atoms with E-state index >= 15 is 0 Å². The van der Waals surface area contributed by atoms with E-state index in [2.05, 4.69) is 10.6 Å². The van der Waals surface area contributed by atoms with Crippen LogP contribution in [0.3, 0.4) is 0 Å². The lowest BCUT2D eigenvalue weighted by Gasteiger charge is -2.14. The Bertz CT molecular complexity index is 1080. The van der Waals surface area contributed by atoms with Crippen LogP contribution >= 0.6 is 11.6 Å². The highest BCUT2D eigenvalue weighted by Crippen LogP contribution is 2.29. The maximum Gasteiger partial charge on any atom is 0.257 e. The first-order valence-corrected chi connectivity index (χ1v) is 9.39. The van der Waals surface area contributed by atoms with E-state index in [1.54, 1.807) is 48.5 Å². The van der Waals surface area contributed by atoms with Gasteiger partial charge in [-0.15, -0.1) is 0 Å². The third-order valence-electron chi connectivity index (χ3n) is 4.45. The summed E-state index contributed by atoms with van der Waals surface area (Å²) >= 11 is 6.08. The summed E-state index contributed by atoms with van der Waals surface area (Å²) in [6.45, 7) is 3.88. The summed E-state index contributed by atoms with van der Waals surface area (Å²) in [6.07, 6.45) is 0. The van der Waals surface area contributed by atoms with Crippen LogP contribution in [0.25, 0.3) is 0 Å². The molecule has 0 saturated carbocycles. The van der Waals surface area contributed by atoms with E-state index in [0.717, 1.165) is 11.1 Å². The van der Waals surface area contributed by atoms with E-state index in [1.807, 2.05) is 26.0 Å². The van der Waals surface area contributed by atoms with Gasteiger partial charge in [0.1, 0.15) is 5.75 Å². The van der Waals surface area contributed by atoms with Gasteiger partial charge in [0, 0.05) is 17.3 Å². The van der Waals surface area contributed by atoms with Crippen LogP contribution in [0.5, 0.6) is 5.75 Å². The summed E-state index contributed by atoms with van der Waals surface area (Å²) < 4.78 is 5.38. The molecule has 3 rings (SSSR count). The predicted molar refractivity (Wildman–Crippen MR) is 116 cm³/mol.